The topological polar surface area (TPSA) is 108 Å². The number of methoxy groups -OCH3 is 2. The summed E-state index contributed by atoms with van der Waals surface area (Å²) >= 11 is 0. The van der Waals surface area contributed by atoms with Crippen LogP contribution in [0.1, 0.15) is 79.7 Å². The minimum absolute atomic E-state index is 0.0789. The van der Waals surface area contributed by atoms with Crippen molar-refractivity contribution in [1.29, 1.82) is 0 Å². The highest BCUT2D eigenvalue weighted by atomic mass is 16.5. The first-order chi connectivity index (χ1) is 19.9. The van der Waals surface area contributed by atoms with Crippen molar-refractivity contribution >= 4 is 11.9 Å². The third-order valence-electron chi connectivity index (χ3n) is 7.05. The molecule has 0 aromatic heterocycles. The van der Waals surface area contributed by atoms with E-state index in [9.17, 15) is 14.7 Å². The number of amides is 1. The summed E-state index contributed by atoms with van der Waals surface area (Å²) in [6, 6.07) is 11.7. The summed E-state index contributed by atoms with van der Waals surface area (Å²) in [4.78, 5) is 25.9. The molecule has 0 spiro atoms. The second-order valence-electron chi connectivity index (χ2n) is 9.49. The Morgan fingerprint density at radius 1 is 1.00 bits per heavy atom. The van der Waals surface area contributed by atoms with Gasteiger partial charge in [0.1, 0.15) is 11.5 Å². The molecule has 0 heterocycles. The first-order valence-corrected chi connectivity index (χ1v) is 14.5. The predicted molar refractivity (Wildman–Crippen MR) is 163 cm³/mol. The molecular weight excluding hydrogens is 520 g/mol. The summed E-state index contributed by atoms with van der Waals surface area (Å²) in [5.74, 6) is 0.0408. The van der Waals surface area contributed by atoms with E-state index in [1.165, 1.54) is 35.4 Å². The van der Waals surface area contributed by atoms with Crippen LogP contribution in [0.4, 0.5) is 0 Å². The second-order valence-corrected chi connectivity index (χ2v) is 9.49. The molecule has 2 aliphatic carbocycles. The maximum atomic E-state index is 12.6. The van der Waals surface area contributed by atoms with E-state index < -0.39 is 12.1 Å². The van der Waals surface area contributed by atoms with Gasteiger partial charge in [-0.15, -0.1) is 0 Å². The first-order valence-electron chi connectivity index (χ1n) is 14.5. The maximum Gasteiger partial charge on any atom is 0.335 e. The van der Waals surface area contributed by atoms with Gasteiger partial charge in [-0.05, 0) is 61.6 Å². The van der Waals surface area contributed by atoms with Gasteiger partial charge >= 0.3 is 5.97 Å². The Morgan fingerprint density at radius 3 is 2.29 bits per heavy atom. The summed E-state index contributed by atoms with van der Waals surface area (Å²) in [7, 11) is 3.25. The van der Waals surface area contributed by atoms with Crippen LogP contribution >= 0.6 is 0 Å². The van der Waals surface area contributed by atoms with Crippen LogP contribution in [0.3, 0.4) is 0 Å². The third kappa shape index (κ3) is 9.47. The highest BCUT2D eigenvalue weighted by Crippen LogP contribution is 2.37. The number of benzene rings is 2. The molecule has 224 valence electrons. The van der Waals surface area contributed by atoms with Crippen molar-refractivity contribution in [3.63, 3.8) is 0 Å². The Bertz CT molecular complexity index is 1190. The van der Waals surface area contributed by atoms with Gasteiger partial charge in [0.2, 0.25) is 0 Å². The SMILES string of the molecule is CC.CC.COc1ccc(CN(CC(O)CNC(=O)c2ccc(C(=O)O)cc2)C2CC3=C(CCC=C3)C2)c(OC)c1. The maximum absolute atomic E-state index is 12.6. The molecule has 41 heavy (non-hydrogen) atoms. The zero-order valence-corrected chi connectivity index (χ0v) is 25.3. The summed E-state index contributed by atoms with van der Waals surface area (Å²) in [5, 5.41) is 22.7. The fraction of sp³-hybridized carbons (Fsp3) is 0.455. The van der Waals surface area contributed by atoms with Crippen molar-refractivity contribution in [3.05, 3.63) is 82.5 Å². The van der Waals surface area contributed by atoms with Crippen molar-refractivity contribution in [3.8, 4) is 11.5 Å². The van der Waals surface area contributed by atoms with Crippen LogP contribution in [0.5, 0.6) is 11.5 Å². The lowest BCUT2D eigenvalue weighted by Crippen LogP contribution is -2.43. The quantitative estimate of drug-likeness (QED) is 0.313. The fourth-order valence-electron chi connectivity index (χ4n) is 5.03. The molecular formula is C33H46N2O6. The van der Waals surface area contributed by atoms with Gasteiger partial charge < -0.3 is 25.0 Å². The second kappa shape index (κ2) is 17.3. The van der Waals surface area contributed by atoms with Crippen molar-refractivity contribution < 1.29 is 29.3 Å². The first kappa shape index (κ1) is 33.6. The van der Waals surface area contributed by atoms with Gasteiger partial charge in [0.25, 0.3) is 5.91 Å². The van der Waals surface area contributed by atoms with Crippen LogP contribution in [-0.2, 0) is 6.54 Å². The lowest BCUT2D eigenvalue weighted by atomic mass is 10.0. The predicted octanol–water partition coefficient (Wildman–Crippen LogP) is 5.86. The molecule has 2 aromatic carbocycles. The Hall–Kier alpha value is -3.62. The van der Waals surface area contributed by atoms with Crippen molar-refractivity contribution in [2.75, 3.05) is 27.3 Å². The van der Waals surface area contributed by atoms with E-state index in [0.717, 1.165) is 42.7 Å². The van der Waals surface area contributed by atoms with Crippen molar-refractivity contribution in [2.45, 2.75) is 72.1 Å². The largest absolute Gasteiger partial charge is 0.497 e. The zero-order chi connectivity index (χ0) is 30.4. The summed E-state index contributed by atoms with van der Waals surface area (Å²) in [6.07, 6.45) is 7.72. The average Bonchev–Trinajstić information content (AvgIpc) is 3.46. The zero-order valence-electron chi connectivity index (χ0n) is 25.3. The van der Waals surface area contributed by atoms with E-state index >= 15 is 0 Å². The monoisotopic (exact) mass is 566 g/mol. The molecule has 4 rings (SSSR count). The van der Waals surface area contributed by atoms with E-state index in [4.69, 9.17) is 14.6 Å². The Labute approximate surface area is 244 Å². The molecule has 0 saturated carbocycles. The van der Waals surface area contributed by atoms with Gasteiger partial charge in [0.15, 0.2) is 0 Å². The molecule has 3 N–H and O–H groups in total. The van der Waals surface area contributed by atoms with E-state index in [1.54, 1.807) is 14.2 Å². The van der Waals surface area contributed by atoms with Gasteiger partial charge in [-0.25, -0.2) is 4.79 Å². The number of carboxylic acids is 1. The van der Waals surface area contributed by atoms with Gasteiger partial charge in [0, 0.05) is 42.9 Å². The molecule has 1 amide bonds. The molecule has 2 atom stereocenters. The van der Waals surface area contributed by atoms with Gasteiger partial charge in [-0.3, -0.25) is 9.69 Å². The number of aliphatic hydroxyl groups is 1. The van der Waals surface area contributed by atoms with E-state index in [0.29, 0.717) is 18.7 Å². The summed E-state index contributed by atoms with van der Waals surface area (Å²) in [5.41, 5.74) is 4.35. The Balaban J connectivity index is 0.00000141. The summed E-state index contributed by atoms with van der Waals surface area (Å²) in [6.45, 7) is 9.04. The minimum Gasteiger partial charge on any atom is -0.497 e. The number of hydrogen-bond acceptors (Lipinski definition) is 6. The highest BCUT2D eigenvalue weighted by molar-refractivity contribution is 5.95. The number of nitrogens with zero attached hydrogens (tertiary/aromatic N) is 1. The lowest BCUT2D eigenvalue weighted by molar-refractivity contribution is 0.0696. The van der Waals surface area contributed by atoms with Crippen LogP contribution in [0.2, 0.25) is 0 Å². The van der Waals surface area contributed by atoms with Crippen molar-refractivity contribution in [1.82, 2.24) is 10.2 Å². The van der Waals surface area contributed by atoms with Crippen LogP contribution in [0.25, 0.3) is 0 Å². The van der Waals surface area contributed by atoms with E-state index in [2.05, 4.69) is 22.4 Å². The van der Waals surface area contributed by atoms with E-state index in [-0.39, 0.29) is 24.1 Å². The average molecular weight is 567 g/mol. The number of rotatable bonds is 11. The molecule has 0 saturated heterocycles. The smallest absolute Gasteiger partial charge is 0.335 e. The fourth-order valence-corrected chi connectivity index (χ4v) is 5.03. The van der Waals surface area contributed by atoms with Gasteiger partial charge in [-0.1, -0.05) is 51.5 Å². The highest BCUT2D eigenvalue weighted by Gasteiger charge is 2.30. The number of carbonyl (C=O) groups excluding carboxylic acids is 1. The van der Waals surface area contributed by atoms with Crippen LogP contribution in [-0.4, -0.2) is 66.4 Å². The normalized spacial score (nSPS) is 16.0. The Kier molecular flexibility index (Phi) is 14.1. The van der Waals surface area contributed by atoms with Crippen LogP contribution in [0, 0.1) is 0 Å². The van der Waals surface area contributed by atoms with E-state index in [1.807, 2.05) is 45.9 Å². The minimum atomic E-state index is -1.05. The molecule has 0 bridgehead atoms. The van der Waals surface area contributed by atoms with Crippen LogP contribution < -0.4 is 14.8 Å². The number of carbonyl (C=O) groups is 2. The molecule has 2 aromatic rings. The number of ether oxygens (including phenoxy) is 2. The molecule has 8 nitrogen and oxygen atoms in total. The lowest BCUT2D eigenvalue weighted by Gasteiger charge is -2.32. The van der Waals surface area contributed by atoms with Gasteiger partial charge in [0.05, 0.1) is 25.9 Å². The summed E-state index contributed by atoms with van der Waals surface area (Å²) < 4.78 is 11.0. The van der Waals surface area contributed by atoms with Crippen molar-refractivity contribution in [2.24, 2.45) is 0 Å². The molecule has 2 aliphatic rings. The third-order valence-corrected chi connectivity index (χ3v) is 7.05. The molecule has 0 radical (unpaired) electrons. The number of allylic oxidation sites excluding steroid dienone is 2. The molecule has 0 aliphatic heterocycles. The number of aliphatic hydroxyl groups excluding tert-OH is 1. The Morgan fingerprint density at radius 2 is 1.68 bits per heavy atom. The molecule has 8 heteroatoms. The van der Waals surface area contributed by atoms with Gasteiger partial charge in [-0.2, -0.15) is 0 Å². The standard InChI is InChI=1S/C29H34N2O6.2C2H6/c1-36-26-12-11-23(27(15-26)37-2)17-31(24-13-21-5-3-4-6-22(21)14-24)18-25(32)16-30-28(33)19-7-9-20(10-8-19)29(34)35;2*1-2/h3,5,7-12,15,24-25,32H,4,6,13-14,16-18H2,1-2H3,(H,30,33)(H,34,35);2*1-2H3. The molecule has 2 unspecified atom stereocenters. The number of carboxylic acid groups (broad SMARTS) is 1. The number of hydrogen-bond donors (Lipinski definition) is 3. The molecule has 0 fully saturated rings. The number of nitrogens with one attached hydrogen (secondary N) is 1. The number of aromatic carboxylic acids is 1. The van der Waals surface area contributed by atoms with Crippen LogP contribution in [0.15, 0.2) is 65.8 Å².